The van der Waals surface area contributed by atoms with E-state index in [1.807, 2.05) is 48.7 Å². The Balaban J connectivity index is 0.000000202. The van der Waals surface area contributed by atoms with Crippen molar-refractivity contribution in [2.24, 2.45) is 5.92 Å². The maximum atomic E-state index is 6.01. The summed E-state index contributed by atoms with van der Waals surface area (Å²) in [7, 11) is -1.34. The van der Waals surface area contributed by atoms with E-state index in [0.717, 1.165) is 45.3 Å². The fraction of sp³-hybridized carbons (Fsp3) is 0.289. The van der Waals surface area contributed by atoms with Gasteiger partial charge in [-0.2, -0.15) is 0 Å². The van der Waals surface area contributed by atoms with E-state index >= 15 is 0 Å². The van der Waals surface area contributed by atoms with Crippen molar-refractivity contribution in [1.29, 1.82) is 0 Å². The fourth-order valence-corrected chi connectivity index (χ4v) is 7.08. The number of hydrogen-bond donors (Lipinski definition) is 0. The van der Waals surface area contributed by atoms with Gasteiger partial charge in [0.25, 0.3) is 0 Å². The minimum atomic E-state index is -1.34. The predicted molar refractivity (Wildman–Crippen MR) is 182 cm³/mol. The molecular formula is C38H41IrN3OSi-2. The summed E-state index contributed by atoms with van der Waals surface area (Å²) in [6.07, 6.45) is 6.83. The molecule has 0 aliphatic heterocycles. The van der Waals surface area contributed by atoms with Gasteiger partial charge in [0.05, 0.1) is 13.7 Å². The zero-order chi connectivity index (χ0) is 30.7. The first kappa shape index (κ1) is 33.4. The van der Waals surface area contributed by atoms with Crippen LogP contribution >= 0.6 is 0 Å². The van der Waals surface area contributed by atoms with Crippen molar-refractivity contribution in [2.75, 3.05) is 0 Å². The molecule has 44 heavy (non-hydrogen) atoms. The van der Waals surface area contributed by atoms with Gasteiger partial charge in [0, 0.05) is 44.1 Å². The van der Waals surface area contributed by atoms with Crippen LogP contribution in [0, 0.1) is 25.0 Å². The number of aromatic nitrogens is 3. The van der Waals surface area contributed by atoms with Crippen molar-refractivity contribution in [1.82, 2.24) is 15.0 Å². The third kappa shape index (κ3) is 7.43. The van der Waals surface area contributed by atoms with Gasteiger partial charge in [-0.05, 0) is 59.5 Å². The van der Waals surface area contributed by atoms with E-state index in [1.54, 1.807) is 6.20 Å². The van der Waals surface area contributed by atoms with Crippen LogP contribution < -0.4 is 5.19 Å². The van der Waals surface area contributed by atoms with Crippen LogP contribution in [0.15, 0.2) is 83.7 Å². The number of aryl methyl sites for hydroxylation is 1. The van der Waals surface area contributed by atoms with E-state index in [9.17, 15) is 0 Å². The Morgan fingerprint density at radius 1 is 0.818 bits per heavy atom. The molecule has 6 heteroatoms. The Kier molecular flexibility index (Phi) is 10.7. The van der Waals surface area contributed by atoms with E-state index in [4.69, 9.17) is 4.42 Å². The number of pyridine rings is 3. The smallest absolute Gasteiger partial charge is 0.216 e. The summed E-state index contributed by atoms with van der Waals surface area (Å²) in [5.74, 6) is 1.14. The molecule has 229 valence electrons. The summed E-state index contributed by atoms with van der Waals surface area (Å²) in [5.41, 5.74) is 9.37. The molecule has 0 aliphatic rings. The minimum Gasteiger partial charge on any atom is -0.486 e. The molecule has 6 rings (SSSR count). The Hall–Kier alpha value is -3.44. The van der Waals surface area contributed by atoms with Crippen molar-refractivity contribution in [3.8, 4) is 22.5 Å². The SMILES string of the molecule is CC(C)c1cc(-c2[c-]cccc2)ncc1[Si](C)(C)C.Cc1cnc(-c2[c-]ccc3c2oc2ncccc23)cc1CC(C)C.[Ir]. The number of fused-ring (bicyclic) bond motifs is 3. The van der Waals surface area contributed by atoms with Crippen LogP contribution in [0.4, 0.5) is 0 Å². The van der Waals surface area contributed by atoms with Gasteiger partial charge in [0.2, 0.25) is 5.71 Å². The summed E-state index contributed by atoms with van der Waals surface area (Å²) >= 11 is 0. The van der Waals surface area contributed by atoms with Gasteiger partial charge < -0.3 is 14.4 Å². The molecule has 0 atom stereocenters. The van der Waals surface area contributed by atoms with Crippen LogP contribution in [-0.4, -0.2) is 23.0 Å². The standard InChI is InChI=1S/C21H19N2O.C17H22NSi.Ir/c1-13(2)10-15-11-19(23-12-14(15)3)18-7-4-6-16-17-8-5-9-22-21(17)24-20(16)18;1-13(2)15-11-16(14-9-7-6-8-10-14)18-12-17(15)19(3,4)5;/h4-6,8-9,11-13H,10H2,1-3H3;6-9,11-13H,1-5H3;/q2*-1;. The second-order valence-corrected chi connectivity index (χ2v) is 18.0. The first-order chi connectivity index (χ1) is 20.5. The molecule has 4 heterocycles. The Morgan fingerprint density at radius 2 is 1.59 bits per heavy atom. The normalized spacial score (nSPS) is 11.5. The van der Waals surface area contributed by atoms with E-state index in [0.29, 0.717) is 17.5 Å². The van der Waals surface area contributed by atoms with E-state index in [2.05, 4.69) is 106 Å². The number of furan rings is 1. The maximum absolute atomic E-state index is 6.01. The molecule has 4 aromatic heterocycles. The molecule has 0 N–H and O–H groups in total. The second kappa shape index (κ2) is 14.1. The summed E-state index contributed by atoms with van der Waals surface area (Å²) < 4.78 is 6.01. The van der Waals surface area contributed by atoms with Crippen LogP contribution in [0.1, 0.15) is 50.3 Å². The monoisotopic (exact) mass is 776 g/mol. The average molecular weight is 776 g/mol. The zero-order valence-electron chi connectivity index (χ0n) is 27.0. The van der Waals surface area contributed by atoms with Crippen LogP contribution in [-0.2, 0) is 26.5 Å². The first-order valence-corrected chi connectivity index (χ1v) is 18.6. The topological polar surface area (TPSA) is 51.8 Å². The molecule has 0 bridgehead atoms. The molecule has 0 spiro atoms. The molecule has 1 radical (unpaired) electrons. The van der Waals surface area contributed by atoms with Gasteiger partial charge in [-0.3, -0.25) is 0 Å². The van der Waals surface area contributed by atoms with Crippen LogP contribution in [0.3, 0.4) is 0 Å². The third-order valence-electron chi connectivity index (χ3n) is 7.66. The molecule has 0 amide bonds. The molecule has 0 fully saturated rings. The molecule has 0 saturated heterocycles. The van der Waals surface area contributed by atoms with Crippen LogP contribution in [0.2, 0.25) is 19.6 Å². The maximum Gasteiger partial charge on any atom is 0.216 e. The molecular weight excluding hydrogens is 735 g/mol. The van der Waals surface area contributed by atoms with Gasteiger partial charge in [-0.25, -0.2) is 4.98 Å². The van der Waals surface area contributed by atoms with E-state index in [-0.39, 0.29) is 20.1 Å². The third-order valence-corrected chi connectivity index (χ3v) is 9.69. The molecule has 6 aromatic rings. The van der Waals surface area contributed by atoms with Crippen LogP contribution in [0.25, 0.3) is 44.6 Å². The summed E-state index contributed by atoms with van der Waals surface area (Å²) in [5, 5.41) is 3.55. The number of hydrogen-bond acceptors (Lipinski definition) is 4. The fourth-order valence-electron chi connectivity index (χ4n) is 5.40. The van der Waals surface area contributed by atoms with Crippen molar-refractivity contribution in [3.63, 3.8) is 0 Å². The van der Waals surface area contributed by atoms with E-state index in [1.165, 1.54) is 21.9 Å². The number of rotatable bonds is 6. The molecule has 0 saturated carbocycles. The molecule has 2 aromatic carbocycles. The molecule has 4 nitrogen and oxygen atoms in total. The zero-order valence-corrected chi connectivity index (χ0v) is 30.3. The van der Waals surface area contributed by atoms with E-state index < -0.39 is 8.07 Å². The van der Waals surface area contributed by atoms with Crippen molar-refractivity contribution in [3.05, 3.63) is 108 Å². The molecule has 0 unspecified atom stereocenters. The number of benzene rings is 2. The van der Waals surface area contributed by atoms with Gasteiger partial charge >= 0.3 is 0 Å². The van der Waals surface area contributed by atoms with Gasteiger partial charge in [0.15, 0.2) is 0 Å². The van der Waals surface area contributed by atoms with Gasteiger partial charge in [0.1, 0.15) is 0 Å². The summed E-state index contributed by atoms with van der Waals surface area (Å²) in [6, 6.07) is 26.9. The Morgan fingerprint density at radius 3 is 2.27 bits per heavy atom. The Labute approximate surface area is 276 Å². The summed E-state index contributed by atoms with van der Waals surface area (Å²) in [6.45, 7) is 18.2. The van der Waals surface area contributed by atoms with Crippen molar-refractivity contribution >= 4 is 35.3 Å². The van der Waals surface area contributed by atoms with Crippen molar-refractivity contribution in [2.45, 2.75) is 66.6 Å². The van der Waals surface area contributed by atoms with Crippen LogP contribution in [0.5, 0.6) is 0 Å². The van der Waals surface area contributed by atoms with Gasteiger partial charge in [-0.15, -0.1) is 54.1 Å². The quantitative estimate of drug-likeness (QED) is 0.125. The average Bonchev–Trinajstić information content (AvgIpc) is 3.37. The number of nitrogens with zero attached hydrogens (tertiary/aromatic N) is 3. The summed E-state index contributed by atoms with van der Waals surface area (Å²) in [4.78, 5) is 13.6. The largest absolute Gasteiger partial charge is 0.486 e. The Bertz CT molecular complexity index is 1860. The second-order valence-electron chi connectivity index (χ2n) is 13.0. The van der Waals surface area contributed by atoms with Crippen molar-refractivity contribution < 1.29 is 24.5 Å². The molecule has 0 aliphatic carbocycles. The first-order valence-electron chi connectivity index (χ1n) is 15.1. The van der Waals surface area contributed by atoms with Gasteiger partial charge in [-0.1, -0.05) is 81.5 Å². The minimum absolute atomic E-state index is 0. The predicted octanol–water partition coefficient (Wildman–Crippen LogP) is 9.56.